The fourth-order valence-electron chi connectivity index (χ4n) is 4.27. The molecule has 0 aliphatic carbocycles. The zero-order valence-electron chi connectivity index (χ0n) is 21.6. The standard InChI is InChI=1S/C29H35ClN2O5S/c1-21(2)13-14-24-18-25(30)15-16-28(24)38(36,37)31-19-27(33)26(17-22-9-5-3-6-10-22)32(29(34)35)20-23-11-7-4-8-12-23/h3-12,15-16,18,21,26-27,31,33H,13-14,17,19-20H2,1-2H3,(H,34,35)/t26-,27+/m0/s1. The van der Waals surface area contributed by atoms with E-state index in [9.17, 15) is 23.4 Å². The number of amides is 1. The van der Waals surface area contributed by atoms with Crippen molar-refractivity contribution >= 4 is 27.7 Å². The summed E-state index contributed by atoms with van der Waals surface area (Å²) in [6.07, 6.45) is -0.972. The molecule has 0 aliphatic heterocycles. The van der Waals surface area contributed by atoms with E-state index in [1.165, 1.54) is 12.1 Å². The summed E-state index contributed by atoms with van der Waals surface area (Å²) in [5, 5.41) is 21.7. The summed E-state index contributed by atoms with van der Waals surface area (Å²) in [7, 11) is -4.00. The van der Waals surface area contributed by atoms with Gasteiger partial charge in [-0.1, -0.05) is 86.1 Å². The first-order valence-electron chi connectivity index (χ1n) is 12.6. The average Bonchev–Trinajstić information content (AvgIpc) is 2.89. The van der Waals surface area contributed by atoms with Crippen LogP contribution in [-0.2, 0) is 29.4 Å². The van der Waals surface area contributed by atoms with E-state index in [1.807, 2.05) is 60.7 Å². The van der Waals surface area contributed by atoms with E-state index in [-0.39, 0.29) is 24.4 Å². The van der Waals surface area contributed by atoms with E-state index < -0.39 is 28.3 Å². The Balaban J connectivity index is 1.85. The number of aliphatic hydroxyl groups is 1. The Morgan fingerprint density at radius 3 is 2.16 bits per heavy atom. The van der Waals surface area contributed by atoms with Gasteiger partial charge in [0.2, 0.25) is 10.0 Å². The Bertz CT molecular complexity index is 1290. The monoisotopic (exact) mass is 558 g/mol. The number of sulfonamides is 1. The predicted molar refractivity (Wildman–Crippen MR) is 150 cm³/mol. The van der Waals surface area contributed by atoms with E-state index in [0.717, 1.165) is 22.4 Å². The number of rotatable bonds is 13. The number of hydrogen-bond acceptors (Lipinski definition) is 4. The zero-order valence-corrected chi connectivity index (χ0v) is 23.2. The van der Waals surface area contributed by atoms with Crippen LogP contribution in [-0.4, -0.2) is 48.3 Å². The van der Waals surface area contributed by atoms with Gasteiger partial charge < -0.3 is 10.2 Å². The van der Waals surface area contributed by atoms with Crippen LogP contribution in [0.5, 0.6) is 0 Å². The number of halogens is 1. The molecule has 0 fully saturated rings. The molecule has 2 atom stereocenters. The summed E-state index contributed by atoms with van der Waals surface area (Å²) < 4.78 is 29.1. The van der Waals surface area contributed by atoms with E-state index in [4.69, 9.17) is 11.6 Å². The molecule has 0 aliphatic rings. The van der Waals surface area contributed by atoms with Crippen LogP contribution >= 0.6 is 11.6 Å². The van der Waals surface area contributed by atoms with E-state index >= 15 is 0 Å². The molecule has 3 aromatic carbocycles. The van der Waals surface area contributed by atoms with Crippen LogP contribution < -0.4 is 4.72 Å². The maximum atomic E-state index is 13.3. The maximum Gasteiger partial charge on any atom is 0.407 e. The van der Waals surface area contributed by atoms with Crippen molar-refractivity contribution in [2.45, 2.75) is 56.7 Å². The molecule has 3 N–H and O–H groups in total. The van der Waals surface area contributed by atoms with E-state index in [2.05, 4.69) is 18.6 Å². The van der Waals surface area contributed by atoms with Crippen molar-refractivity contribution in [3.63, 3.8) is 0 Å². The van der Waals surface area contributed by atoms with Crippen LogP contribution in [0.25, 0.3) is 0 Å². The van der Waals surface area contributed by atoms with Crippen LogP contribution in [0.2, 0.25) is 5.02 Å². The molecule has 38 heavy (non-hydrogen) atoms. The molecule has 0 unspecified atom stereocenters. The SMILES string of the molecule is CC(C)CCc1cc(Cl)ccc1S(=O)(=O)NC[C@@H](O)[C@H](Cc1ccccc1)N(Cc1ccccc1)C(=O)O. The highest BCUT2D eigenvalue weighted by atomic mass is 35.5. The molecule has 0 spiro atoms. The summed E-state index contributed by atoms with van der Waals surface area (Å²) in [5.74, 6) is 0.379. The van der Waals surface area contributed by atoms with Crippen molar-refractivity contribution in [1.82, 2.24) is 9.62 Å². The van der Waals surface area contributed by atoms with Crippen molar-refractivity contribution in [3.05, 3.63) is 101 Å². The smallest absolute Gasteiger partial charge is 0.407 e. The third-order valence-electron chi connectivity index (χ3n) is 6.36. The molecule has 0 bridgehead atoms. The third-order valence-corrected chi connectivity index (χ3v) is 8.12. The fraction of sp³-hybridized carbons (Fsp3) is 0.345. The molecule has 3 rings (SSSR count). The highest BCUT2D eigenvalue weighted by Gasteiger charge is 2.31. The van der Waals surface area contributed by atoms with Crippen LogP contribution in [0, 0.1) is 5.92 Å². The number of aryl methyl sites for hydroxylation is 1. The van der Waals surface area contributed by atoms with Gasteiger partial charge >= 0.3 is 6.09 Å². The largest absolute Gasteiger partial charge is 0.465 e. The minimum Gasteiger partial charge on any atom is -0.465 e. The third kappa shape index (κ3) is 8.56. The quantitative estimate of drug-likeness (QED) is 0.262. The summed E-state index contributed by atoms with van der Waals surface area (Å²) in [6.45, 7) is 3.81. The van der Waals surface area contributed by atoms with Crippen molar-refractivity contribution in [2.75, 3.05) is 6.54 Å². The number of carboxylic acid groups (broad SMARTS) is 1. The normalized spacial score (nSPS) is 13.3. The Kier molecular flexibility index (Phi) is 10.7. The van der Waals surface area contributed by atoms with E-state index in [1.54, 1.807) is 6.07 Å². The molecule has 0 saturated carbocycles. The minimum atomic E-state index is -4.00. The predicted octanol–water partition coefficient (Wildman–Crippen LogP) is 5.36. The maximum absolute atomic E-state index is 13.3. The van der Waals surface area contributed by atoms with Gasteiger partial charge in [-0.15, -0.1) is 0 Å². The molecule has 7 nitrogen and oxygen atoms in total. The molecule has 3 aromatic rings. The van der Waals surface area contributed by atoms with Crippen molar-refractivity contribution < 1.29 is 23.4 Å². The molecular formula is C29H35ClN2O5S. The summed E-state index contributed by atoms with van der Waals surface area (Å²) >= 11 is 6.14. The van der Waals surface area contributed by atoms with Crippen LogP contribution in [0.15, 0.2) is 83.8 Å². The number of carbonyl (C=O) groups is 1. The lowest BCUT2D eigenvalue weighted by molar-refractivity contribution is 0.0469. The number of aliphatic hydroxyl groups excluding tert-OH is 1. The molecular weight excluding hydrogens is 524 g/mol. The summed E-state index contributed by atoms with van der Waals surface area (Å²) in [6, 6.07) is 22.0. The minimum absolute atomic E-state index is 0.0496. The Hall–Kier alpha value is -2.91. The average molecular weight is 559 g/mol. The van der Waals surface area contributed by atoms with Crippen molar-refractivity contribution in [2.24, 2.45) is 5.92 Å². The molecule has 0 heterocycles. The Morgan fingerprint density at radius 2 is 1.58 bits per heavy atom. The topological polar surface area (TPSA) is 107 Å². The number of nitrogens with zero attached hydrogens (tertiary/aromatic N) is 1. The van der Waals surface area contributed by atoms with Gasteiger partial charge in [0.15, 0.2) is 0 Å². The van der Waals surface area contributed by atoms with Gasteiger partial charge in [-0.3, -0.25) is 4.90 Å². The van der Waals surface area contributed by atoms with Crippen LogP contribution in [0.3, 0.4) is 0 Å². The van der Waals surface area contributed by atoms with Gasteiger partial charge in [-0.05, 0) is 60.1 Å². The van der Waals surface area contributed by atoms with Crippen molar-refractivity contribution in [1.29, 1.82) is 0 Å². The van der Waals surface area contributed by atoms with Crippen LogP contribution in [0.4, 0.5) is 4.79 Å². The van der Waals surface area contributed by atoms with Crippen LogP contribution in [0.1, 0.15) is 37.0 Å². The molecule has 204 valence electrons. The van der Waals surface area contributed by atoms with Gasteiger partial charge in [-0.25, -0.2) is 17.9 Å². The first kappa shape index (κ1) is 29.6. The molecule has 0 aromatic heterocycles. The van der Waals surface area contributed by atoms with Gasteiger partial charge in [0.1, 0.15) is 0 Å². The second-order valence-corrected chi connectivity index (χ2v) is 11.9. The highest BCUT2D eigenvalue weighted by Crippen LogP contribution is 2.24. The lowest BCUT2D eigenvalue weighted by atomic mass is 9.99. The highest BCUT2D eigenvalue weighted by molar-refractivity contribution is 7.89. The summed E-state index contributed by atoms with van der Waals surface area (Å²) in [4.78, 5) is 13.6. The molecule has 0 radical (unpaired) electrons. The van der Waals surface area contributed by atoms with Gasteiger partial charge in [0.05, 0.1) is 17.0 Å². The first-order valence-corrected chi connectivity index (χ1v) is 14.5. The van der Waals surface area contributed by atoms with Gasteiger partial charge in [-0.2, -0.15) is 0 Å². The Morgan fingerprint density at radius 1 is 0.974 bits per heavy atom. The summed E-state index contributed by atoms with van der Waals surface area (Å²) in [5.41, 5.74) is 2.19. The van der Waals surface area contributed by atoms with Crippen molar-refractivity contribution in [3.8, 4) is 0 Å². The lowest BCUT2D eigenvalue weighted by Crippen LogP contribution is -2.51. The number of nitrogens with one attached hydrogen (secondary N) is 1. The lowest BCUT2D eigenvalue weighted by Gasteiger charge is -2.33. The van der Waals surface area contributed by atoms with Gasteiger partial charge in [0, 0.05) is 18.1 Å². The number of benzene rings is 3. The Labute approximate surface area is 230 Å². The first-order chi connectivity index (χ1) is 18.1. The number of hydrogen-bond donors (Lipinski definition) is 3. The fourth-order valence-corrected chi connectivity index (χ4v) is 5.77. The molecule has 9 heteroatoms. The van der Waals surface area contributed by atoms with E-state index in [0.29, 0.717) is 22.9 Å². The second-order valence-electron chi connectivity index (χ2n) is 9.76. The molecule has 0 saturated heterocycles. The zero-order chi connectivity index (χ0) is 27.7. The van der Waals surface area contributed by atoms with Gasteiger partial charge in [0.25, 0.3) is 0 Å². The molecule has 1 amide bonds. The second kappa shape index (κ2) is 13.8.